The summed E-state index contributed by atoms with van der Waals surface area (Å²) in [6, 6.07) is 6.44. The van der Waals surface area contributed by atoms with Gasteiger partial charge in [-0.2, -0.15) is 17.0 Å². The summed E-state index contributed by atoms with van der Waals surface area (Å²) in [7, 11) is 0. The topological polar surface area (TPSA) is 49.8 Å². The van der Waals surface area contributed by atoms with E-state index in [1.165, 1.54) is 12.1 Å². The molecule has 0 bridgehead atoms. The lowest BCUT2D eigenvalue weighted by atomic mass is 10.1. The third-order valence-electron chi connectivity index (χ3n) is 1.93. The molecule has 1 rings (SSSR count). The number of benzene rings is 1. The highest BCUT2D eigenvalue weighted by Crippen LogP contribution is 2.17. The predicted octanol–water partition coefficient (Wildman–Crippen LogP) is 2.28. The van der Waals surface area contributed by atoms with Crippen molar-refractivity contribution < 1.29 is 4.39 Å². The molecule has 0 radical (unpaired) electrons. The maximum Gasteiger partial charge on any atom is 0.127 e. The van der Waals surface area contributed by atoms with Gasteiger partial charge in [0.2, 0.25) is 0 Å². The summed E-state index contributed by atoms with van der Waals surface area (Å²) in [5, 5.41) is 8.67. The van der Waals surface area contributed by atoms with Gasteiger partial charge in [0.05, 0.1) is 11.6 Å². The molecule has 0 fully saturated rings. The van der Waals surface area contributed by atoms with Crippen molar-refractivity contribution >= 4 is 11.8 Å². The minimum Gasteiger partial charge on any atom is -0.330 e. The lowest BCUT2D eigenvalue weighted by molar-refractivity contribution is 0.617. The van der Waals surface area contributed by atoms with E-state index in [0.29, 0.717) is 23.4 Å². The molecule has 0 unspecified atom stereocenters. The summed E-state index contributed by atoms with van der Waals surface area (Å²) in [4.78, 5) is 0. The van der Waals surface area contributed by atoms with Gasteiger partial charge in [0.25, 0.3) is 0 Å². The van der Waals surface area contributed by atoms with Crippen molar-refractivity contribution in [2.24, 2.45) is 5.73 Å². The summed E-state index contributed by atoms with van der Waals surface area (Å²) >= 11 is 1.63. The number of nitriles is 1. The Balaban J connectivity index is 2.56. The third-order valence-corrected chi connectivity index (χ3v) is 3.02. The average molecular weight is 224 g/mol. The Bertz CT molecular complexity index is 360. The van der Waals surface area contributed by atoms with Crippen LogP contribution in [0.5, 0.6) is 0 Å². The molecule has 15 heavy (non-hydrogen) atoms. The average Bonchev–Trinajstić information content (AvgIpc) is 2.26. The fourth-order valence-electron chi connectivity index (χ4n) is 1.12. The van der Waals surface area contributed by atoms with Crippen LogP contribution in [0.3, 0.4) is 0 Å². The van der Waals surface area contributed by atoms with Crippen LogP contribution in [0.1, 0.15) is 17.5 Å². The molecule has 0 aromatic heterocycles. The fraction of sp³-hybridized carbons (Fsp3) is 0.364. The molecule has 4 heteroatoms. The maximum atomic E-state index is 13.3. The molecule has 80 valence electrons. The predicted molar refractivity (Wildman–Crippen MR) is 60.9 cm³/mol. The van der Waals surface area contributed by atoms with E-state index in [1.807, 2.05) is 6.07 Å². The molecule has 0 spiro atoms. The summed E-state index contributed by atoms with van der Waals surface area (Å²) < 4.78 is 13.3. The second kappa shape index (κ2) is 6.44. The molecule has 0 aliphatic heterocycles. The van der Waals surface area contributed by atoms with Gasteiger partial charge < -0.3 is 5.73 Å². The Hall–Kier alpha value is -1.05. The monoisotopic (exact) mass is 224 g/mol. The molecule has 0 aliphatic rings. The van der Waals surface area contributed by atoms with Crippen molar-refractivity contribution in [1.29, 1.82) is 5.26 Å². The summed E-state index contributed by atoms with van der Waals surface area (Å²) in [6.45, 7) is 0.660. The molecule has 0 aliphatic carbocycles. The van der Waals surface area contributed by atoms with Crippen LogP contribution in [0.2, 0.25) is 0 Å². The van der Waals surface area contributed by atoms with Gasteiger partial charge >= 0.3 is 0 Å². The number of hydrogen-bond donors (Lipinski definition) is 1. The minimum absolute atomic E-state index is 0.241. The first-order valence-electron chi connectivity index (χ1n) is 4.74. The highest BCUT2D eigenvalue weighted by molar-refractivity contribution is 7.98. The fourth-order valence-corrected chi connectivity index (χ4v) is 2.08. The van der Waals surface area contributed by atoms with Crippen molar-refractivity contribution in [2.45, 2.75) is 12.2 Å². The molecule has 0 amide bonds. The van der Waals surface area contributed by atoms with Gasteiger partial charge in [-0.1, -0.05) is 0 Å². The van der Waals surface area contributed by atoms with Gasteiger partial charge in [0, 0.05) is 5.75 Å². The van der Waals surface area contributed by atoms with Crippen LogP contribution in [-0.4, -0.2) is 12.3 Å². The normalized spacial score (nSPS) is 9.93. The number of nitrogens with zero attached hydrogens (tertiary/aromatic N) is 1. The first-order valence-corrected chi connectivity index (χ1v) is 5.89. The van der Waals surface area contributed by atoms with Gasteiger partial charge in [-0.25, -0.2) is 4.39 Å². The SMILES string of the molecule is N#Cc1ccc(F)c(CSCCCN)c1. The van der Waals surface area contributed by atoms with E-state index in [1.54, 1.807) is 17.8 Å². The lowest BCUT2D eigenvalue weighted by Crippen LogP contribution is -1.99. The van der Waals surface area contributed by atoms with Crippen molar-refractivity contribution in [3.63, 3.8) is 0 Å². The molecule has 0 heterocycles. The summed E-state index contributed by atoms with van der Waals surface area (Å²) in [5.74, 6) is 1.28. The van der Waals surface area contributed by atoms with Crippen LogP contribution in [0.4, 0.5) is 4.39 Å². The Labute approximate surface area is 93.3 Å². The standard InChI is InChI=1S/C11H13FN2S/c12-11-3-2-9(7-14)6-10(11)8-15-5-1-4-13/h2-3,6H,1,4-5,8,13H2. The first kappa shape index (κ1) is 12.0. The molecule has 1 aromatic carbocycles. The summed E-state index contributed by atoms with van der Waals surface area (Å²) in [5.41, 5.74) is 6.45. The van der Waals surface area contributed by atoms with Gasteiger partial charge in [-0.15, -0.1) is 0 Å². The lowest BCUT2D eigenvalue weighted by Gasteiger charge is -2.03. The van der Waals surface area contributed by atoms with Gasteiger partial charge in [0.1, 0.15) is 5.82 Å². The van der Waals surface area contributed by atoms with E-state index in [-0.39, 0.29) is 5.82 Å². The number of rotatable bonds is 5. The van der Waals surface area contributed by atoms with E-state index in [0.717, 1.165) is 12.2 Å². The zero-order valence-electron chi connectivity index (χ0n) is 8.37. The molecule has 2 N–H and O–H groups in total. The number of thioether (sulfide) groups is 1. The zero-order chi connectivity index (χ0) is 11.1. The minimum atomic E-state index is -0.241. The van der Waals surface area contributed by atoms with E-state index in [4.69, 9.17) is 11.0 Å². The van der Waals surface area contributed by atoms with Crippen LogP contribution < -0.4 is 5.73 Å². The van der Waals surface area contributed by atoms with Crippen LogP contribution in [0.25, 0.3) is 0 Å². The van der Waals surface area contributed by atoms with Crippen LogP contribution in [0, 0.1) is 17.1 Å². The van der Waals surface area contributed by atoms with E-state index < -0.39 is 0 Å². The van der Waals surface area contributed by atoms with Crippen molar-refractivity contribution in [3.8, 4) is 6.07 Å². The van der Waals surface area contributed by atoms with Gasteiger partial charge in [-0.05, 0) is 42.5 Å². The van der Waals surface area contributed by atoms with E-state index in [2.05, 4.69) is 0 Å². The number of hydrogen-bond acceptors (Lipinski definition) is 3. The Kier molecular flexibility index (Phi) is 5.16. The molecule has 0 atom stereocenters. The number of halogens is 1. The van der Waals surface area contributed by atoms with E-state index >= 15 is 0 Å². The largest absolute Gasteiger partial charge is 0.330 e. The van der Waals surface area contributed by atoms with Gasteiger partial charge in [0.15, 0.2) is 0 Å². The Morgan fingerprint density at radius 1 is 1.47 bits per heavy atom. The Morgan fingerprint density at radius 3 is 2.93 bits per heavy atom. The van der Waals surface area contributed by atoms with Crippen LogP contribution in [-0.2, 0) is 5.75 Å². The first-order chi connectivity index (χ1) is 7.27. The number of nitrogens with two attached hydrogens (primary N) is 1. The second-order valence-corrected chi connectivity index (χ2v) is 4.22. The molecule has 1 aromatic rings. The molecule has 0 saturated heterocycles. The third kappa shape index (κ3) is 3.90. The molecule has 0 saturated carbocycles. The van der Waals surface area contributed by atoms with Crippen molar-refractivity contribution in [1.82, 2.24) is 0 Å². The zero-order valence-corrected chi connectivity index (χ0v) is 9.19. The molecular formula is C11H13FN2S. The van der Waals surface area contributed by atoms with Crippen LogP contribution in [0.15, 0.2) is 18.2 Å². The highest BCUT2D eigenvalue weighted by Gasteiger charge is 2.03. The molecular weight excluding hydrogens is 211 g/mol. The van der Waals surface area contributed by atoms with Gasteiger partial charge in [-0.3, -0.25) is 0 Å². The molecule has 2 nitrogen and oxygen atoms in total. The Morgan fingerprint density at radius 2 is 2.27 bits per heavy atom. The maximum absolute atomic E-state index is 13.3. The highest BCUT2D eigenvalue weighted by atomic mass is 32.2. The quantitative estimate of drug-likeness (QED) is 0.781. The summed E-state index contributed by atoms with van der Waals surface area (Å²) in [6.07, 6.45) is 0.935. The second-order valence-electron chi connectivity index (χ2n) is 3.11. The van der Waals surface area contributed by atoms with Crippen LogP contribution >= 0.6 is 11.8 Å². The van der Waals surface area contributed by atoms with Crippen molar-refractivity contribution in [2.75, 3.05) is 12.3 Å². The van der Waals surface area contributed by atoms with E-state index in [9.17, 15) is 4.39 Å². The van der Waals surface area contributed by atoms with Crippen molar-refractivity contribution in [3.05, 3.63) is 35.1 Å². The smallest absolute Gasteiger partial charge is 0.127 e.